The molecule has 2 aromatic rings. The van der Waals surface area contributed by atoms with Gasteiger partial charge in [0.05, 0.1) is 24.5 Å². The molecule has 1 unspecified atom stereocenters. The third-order valence-corrected chi connectivity index (χ3v) is 4.79. The van der Waals surface area contributed by atoms with E-state index in [9.17, 15) is 13.6 Å². The van der Waals surface area contributed by atoms with Crippen molar-refractivity contribution in [3.63, 3.8) is 0 Å². The van der Waals surface area contributed by atoms with Crippen LogP contribution in [-0.4, -0.2) is 47.8 Å². The second-order valence-corrected chi connectivity index (χ2v) is 6.91. The summed E-state index contributed by atoms with van der Waals surface area (Å²) in [4.78, 5) is 26.1. The molecule has 1 aromatic carbocycles. The molecule has 1 aromatic heterocycles. The van der Waals surface area contributed by atoms with Gasteiger partial charge >= 0.3 is 0 Å². The Hall–Kier alpha value is -3.20. The van der Waals surface area contributed by atoms with Crippen molar-refractivity contribution in [2.24, 2.45) is 10.7 Å². The minimum Gasteiger partial charge on any atom is -0.396 e. The first-order valence-electron chi connectivity index (χ1n) is 9.45. The quantitative estimate of drug-likeness (QED) is 0.699. The summed E-state index contributed by atoms with van der Waals surface area (Å²) in [6.07, 6.45) is 3.13. The molecule has 9 heteroatoms. The maximum Gasteiger partial charge on any atom is 0.183 e. The Morgan fingerprint density at radius 2 is 2.13 bits per heavy atom. The molecule has 3 rings (SSSR count). The predicted molar refractivity (Wildman–Crippen MR) is 110 cm³/mol. The van der Waals surface area contributed by atoms with Crippen LogP contribution in [0.5, 0.6) is 0 Å². The van der Waals surface area contributed by atoms with Crippen molar-refractivity contribution < 1.29 is 18.3 Å². The lowest BCUT2D eigenvalue weighted by molar-refractivity contribution is -0.111. The first-order valence-corrected chi connectivity index (χ1v) is 9.45. The van der Waals surface area contributed by atoms with Gasteiger partial charge in [-0.3, -0.25) is 9.79 Å². The summed E-state index contributed by atoms with van der Waals surface area (Å²) < 4.78 is 33.4. The molecular formula is C21H23F2N5O2. The van der Waals surface area contributed by atoms with Gasteiger partial charge in [-0.15, -0.1) is 0 Å². The molecule has 1 saturated heterocycles. The van der Waals surface area contributed by atoms with Crippen LogP contribution < -0.4 is 10.6 Å². The number of allylic oxidation sites excluding steroid dienone is 1. The summed E-state index contributed by atoms with van der Waals surface area (Å²) in [5, 5.41) is 0. The van der Waals surface area contributed by atoms with Gasteiger partial charge in [0, 0.05) is 32.7 Å². The lowest BCUT2D eigenvalue weighted by Crippen LogP contribution is -2.25. The number of aliphatic imine (C=N–C) groups is 1. The fourth-order valence-electron chi connectivity index (χ4n) is 3.10. The van der Waals surface area contributed by atoms with Crippen LogP contribution in [0.25, 0.3) is 5.70 Å². The monoisotopic (exact) mass is 415 g/mol. The van der Waals surface area contributed by atoms with Gasteiger partial charge in [0.15, 0.2) is 23.2 Å². The van der Waals surface area contributed by atoms with Crippen LogP contribution in [0, 0.1) is 11.6 Å². The Labute approximate surface area is 173 Å². The van der Waals surface area contributed by atoms with Crippen LogP contribution >= 0.6 is 0 Å². The molecular weight excluding hydrogens is 392 g/mol. The Kier molecular flexibility index (Phi) is 6.83. The number of aromatic nitrogens is 2. The van der Waals surface area contributed by atoms with E-state index in [1.807, 2.05) is 0 Å². The molecule has 1 aliphatic rings. The molecule has 158 valence electrons. The molecule has 2 heterocycles. The van der Waals surface area contributed by atoms with Crippen LogP contribution in [0.1, 0.15) is 24.7 Å². The smallest absolute Gasteiger partial charge is 0.183 e. The zero-order chi connectivity index (χ0) is 21.7. The van der Waals surface area contributed by atoms with E-state index in [2.05, 4.69) is 15.0 Å². The first kappa shape index (κ1) is 21.5. The highest BCUT2D eigenvalue weighted by molar-refractivity contribution is 6.44. The Morgan fingerprint density at radius 3 is 2.80 bits per heavy atom. The van der Waals surface area contributed by atoms with E-state index in [0.29, 0.717) is 18.7 Å². The number of ether oxygens (including phenoxy) is 1. The van der Waals surface area contributed by atoms with Gasteiger partial charge in [0.25, 0.3) is 0 Å². The van der Waals surface area contributed by atoms with E-state index in [-0.39, 0.29) is 41.5 Å². The zero-order valence-electron chi connectivity index (χ0n) is 16.8. The average molecular weight is 415 g/mol. The third kappa shape index (κ3) is 5.04. The van der Waals surface area contributed by atoms with Crippen molar-refractivity contribution in [1.29, 1.82) is 0 Å². The number of nitrogens with two attached hydrogens (primary N) is 1. The minimum atomic E-state index is -0.566. The SMILES string of the molecule is COC1CCN(c2nc(C(N)=CC(=NCc3ccccc3F)C(C)=O)ncc2F)C1. The van der Waals surface area contributed by atoms with E-state index < -0.39 is 11.6 Å². The van der Waals surface area contributed by atoms with Crippen LogP contribution in [0.15, 0.2) is 41.5 Å². The lowest BCUT2D eigenvalue weighted by Gasteiger charge is -2.18. The van der Waals surface area contributed by atoms with Gasteiger partial charge in [-0.05, 0) is 18.6 Å². The molecule has 30 heavy (non-hydrogen) atoms. The van der Waals surface area contributed by atoms with E-state index >= 15 is 0 Å². The van der Waals surface area contributed by atoms with Crippen LogP contribution in [0.3, 0.4) is 0 Å². The number of anilines is 1. The Morgan fingerprint density at radius 1 is 1.37 bits per heavy atom. The van der Waals surface area contributed by atoms with Crippen molar-refractivity contribution in [1.82, 2.24) is 9.97 Å². The lowest BCUT2D eigenvalue weighted by atomic mass is 10.2. The van der Waals surface area contributed by atoms with E-state index in [0.717, 1.165) is 12.6 Å². The number of halogens is 2. The second kappa shape index (κ2) is 9.53. The van der Waals surface area contributed by atoms with E-state index in [1.54, 1.807) is 30.2 Å². The standard InChI is InChI=1S/C21H23F2N5O2/c1-13(29)19(25-10-14-5-3-4-6-16(14)22)9-18(24)20-26-11-17(23)21(27-20)28-8-7-15(12-28)30-2/h3-6,9,11,15H,7-8,10,12,24H2,1-2H3. The molecule has 0 bridgehead atoms. The fourth-order valence-corrected chi connectivity index (χ4v) is 3.10. The summed E-state index contributed by atoms with van der Waals surface area (Å²) in [5.41, 5.74) is 6.52. The largest absolute Gasteiger partial charge is 0.396 e. The molecule has 0 amide bonds. The van der Waals surface area contributed by atoms with Gasteiger partial charge in [-0.1, -0.05) is 18.2 Å². The number of nitrogens with zero attached hydrogens (tertiary/aromatic N) is 4. The summed E-state index contributed by atoms with van der Waals surface area (Å²) in [5.74, 6) is -1.12. The van der Waals surface area contributed by atoms with Gasteiger partial charge < -0.3 is 15.4 Å². The van der Waals surface area contributed by atoms with Crippen molar-refractivity contribution in [3.05, 3.63) is 59.6 Å². The van der Waals surface area contributed by atoms with Crippen molar-refractivity contribution >= 4 is 23.0 Å². The fraction of sp³-hybridized carbons (Fsp3) is 0.333. The van der Waals surface area contributed by atoms with E-state index in [4.69, 9.17) is 10.5 Å². The number of carbonyl (C=O) groups excluding carboxylic acids is 1. The van der Waals surface area contributed by atoms with Gasteiger partial charge in [0.2, 0.25) is 0 Å². The topological polar surface area (TPSA) is 93.7 Å². The number of carbonyl (C=O) groups is 1. The molecule has 0 radical (unpaired) electrons. The predicted octanol–water partition coefficient (Wildman–Crippen LogP) is 2.51. The summed E-state index contributed by atoms with van der Waals surface area (Å²) >= 11 is 0. The number of methoxy groups -OCH3 is 1. The van der Waals surface area contributed by atoms with Crippen molar-refractivity contribution in [2.45, 2.75) is 26.0 Å². The number of benzene rings is 1. The highest BCUT2D eigenvalue weighted by Crippen LogP contribution is 2.23. The molecule has 7 nitrogen and oxygen atoms in total. The highest BCUT2D eigenvalue weighted by atomic mass is 19.1. The maximum absolute atomic E-state index is 14.3. The summed E-state index contributed by atoms with van der Waals surface area (Å²) in [6, 6.07) is 6.17. The average Bonchev–Trinajstić information content (AvgIpc) is 3.21. The molecule has 0 aliphatic carbocycles. The molecule has 1 atom stereocenters. The Balaban J connectivity index is 1.85. The molecule has 2 N–H and O–H groups in total. The number of hydrogen-bond donors (Lipinski definition) is 1. The normalized spacial score (nSPS) is 17.5. The molecule has 0 spiro atoms. The summed E-state index contributed by atoms with van der Waals surface area (Å²) in [7, 11) is 1.61. The van der Waals surface area contributed by atoms with Crippen molar-refractivity contribution in [3.8, 4) is 0 Å². The minimum absolute atomic E-state index is 0.00513. The first-order chi connectivity index (χ1) is 14.4. The third-order valence-electron chi connectivity index (χ3n) is 4.79. The van der Waals surface area contributed by atoms with Gasteiger partial charge in [-0.25, -0.2) is 18.7 Å². The number of ketones is 1. The van der Waals surface area contributed by atoms with Crippen LogP contribution in [-0.2, 0) is 16.1 Å². The molecule has 1 aliphatic heterocycles. The van der Waals surface area contributed by atoms with Gasteiger partial charge in [-0.2, -0.15) is 0 Å². The highest BCUT2D eigenvalue weighted by Gasteiger charge is 2.26. The van der Waals surface area contributed by atoms with Crippen LogP contribution in [0.4, 0.5) is 14.6 Å². The Bertz CT molecular complexity index is 993. The summed E-state index contributed by atoms with van der Waals surface area (Å²) in [6.45, 7) is 2.41. The number of Topliss-reactive ketones (excluding diaryl/α,β-unsaturated/α-hetero) is 1. The van der Waals surface area contributed by atoms with E-state index in [1.165, 1.54) is 19.1 Å². The van der Waals surface area contributed by atoms with Crippen molar-refractivity contribution in [2.75, 3.05) is 25.1 Å². The maximum atomic E-state index is 14.3. The van der Waals surface area contributed by atoms with Gasteiger partial charge in [0.1, 0.15) is 11.5 Å². The second-order valence-electron chi connectivity index (χ2n) is 6.91. The number of hydrogen-bond acceptors (Lipinski definition) is 7. The van der Waals surface area contributed by atoms with Crippen LogP contribution in [0.2, 0.25) is 0 Å². The number of rotatable bonds is 7. The molecule has 1 fully saturated rings. The zero-order valence-corrected chi connectivity index (χ0v) is 16.8. The molecule has 0 saturated carbocycles.